The summed E-state index contributed by atoms with van der Waals surface area (Å²) in [5, 5.41) is 0. The van der Waals surface area contributed by atoms with Gasteiger partial charge in [0.1, 0.15) is 6.10 Å². The highest BCUT2D eigenvalue weighted by molar-refractivity contribution is 5.76. The van der Waals surface area contributed by atoms with E-state index in [0.717, 1.165) is 18.6 Å². The lowest BCUT2D eigenvalue weighted by Crippen LogP contribution is -2.17. The van der Waals surface area contributed by atoms with Crippen LogP contribution in [0.15, 0.2) is 18.3 Å². The van der Waals surface area contributed by atoms with Crippen LogP contribution < -0.4 is 10.5 Å². The topological polar surface area (TPSA) is 74.4 Å². The molecule has 0 radical (unpaired) electrons. The van der Waals surface area contributed by atoms with Gasteiger partial charge in [0.05, 0.1) is 19.6 Å². The van der Waals surface area contributed by atoms with Crippen LogP contribution in [0.25, 0.3) is 0 Å². The number of ether oxygens (including phenoxy) is 2. The average molecular weight is 222 g/mol. The van der Waals surface area contributed by atoms with Gasteiger partial charge < -0.3 is 15.2 Å². The van der Waals surface area contributed by atoms with Crippen LogP contribution in [0.3, 0.4) is 0 Å². The molecule has 5 heteroatoms. The van der Waals surface area contributed by atoms with E-state index in [4.69, 9.17) is 15.2 Å². The molecule has 0 spiro atoms. The Morgan fingerprint density at radius 2 is 2.50 bits per heavy atom. The zero-order valence-electron chi connectivity index (χ0n) is 8.89. The van der Waals surface area contributed by atoms with E-state index in [1.807, 2.05) is 0 Å². The molecule has 5 nitrogen and oxygen atoms in total. The monoisotopic (exact) mass is 222 g/mol. The van der Waals surface area contributed by atoms with Crippen molar-refractivity contribution in [2.75, 3.05) is 13.2 Å². The van der Waals surface area contributed by atoms with E-state index in [1.54, 1.807) is 18.3 Å². The molecule has 2 heterocycles. The van der Waals surface area contributed by atoms with Gasteiger partial charge in [0.2, 0.25) is 11.8 Å². The van der Waals surface area contributed by atoms with Crippen molar-refractivity contribution >= 4 is 5.91 Å². The smallest absolute Gasteiger partial charge is 0.221 e. The predicted octanol–water partition coefficient (Wildman–Crippen LogP) is 0.277. The number of nitrogens with zero attached hydrogens (tertiary/aromatic N) is 1. The van der Waals surface area contributed by atoms with Crippen LogP contribution in [-0.2, 0) is 16.0 Å². The summed E-state index contributed by atoms with van der Waals surface area (Å²) >= 11 is 0. The summed E-state index contributed by atoms with van der Waals surface area (Å²) in [6.45, 7) is 1.36. The van der Waals surface area contributed by atoms with E-state index in [9.17, 15) is 4.79 Å². The zero-order chi connectivity index (χ0) is 11.4. The Morgan fingerprint density at radius 1 is 1.62 bits per heavy atom. The molecule has 2 rings (SSSR count). The number of hydrogen-bond acceptors (Lipinski definition) is 4. The van der Waals surface area contributed by atoms with Crippen molar-refractivity contribution in [1.29, 1.82) is 0 Å². The Bertz CT molecular complexity index is 358. The summed E-state index contributed by atoms with van der Waals surface area (Å²) < 4.78 is 10.8. The van der Waals surface area contributed by atoms with Gasteiger partial charge in [0.15, 0.2) is 0 Å². The minimum Gasteiger partial charge on any atom is -0.472 e. The van der Waals surface area contributed by atoms with Gasteiger partial charge in [-0.1, -0.05) is 6.07 Å². The number of primary amides is 1. The van der Waals surface area contributed by atoms with Crippen LogP contribution in [0, 0.1) is 0 Å². The van der Waals surface area contributed by atoms with Crippen molar-refractivity contribution in [2.45, 2.75) is 18.9 Å². The largest absolute Gasteiger partial charge is 0.472 e. The second-order valence-corrected chi connectivity index (χ2v) is 3.75. The molecule has 1 saturated heterocycles. The minimum absolute atomic E-state index is 0.0921. The van der Waals surface area contributed by atoms with Crippen LogP contribution in [0.1, 0.15) is 12.0 Å². The number of amides is 1. The van der Waals surface area contributed by atoms with Gasteiger partial charge in [-0.15, -0.1) is 0 Å². The van der Waals surface area contributed by atoms with Gasteiger partial charge in [0.25, 0.3) is 0 Å². The molecule has 0 aliphatic carbocycles. The highest BCUT2D eigenvalue weighted by Crippen LogP contribution is 2.14. The molecule has 1 amide bonds. The molecule has 16 heavy (non-hydrogen) atoms. The maximum absolute atomic E-state index is 10.7. The Labute approximate surface area is 93.6 Å². The van der Waals surface area contributed by atoms with Crippen LogP contribution in [0.4, 0.5) is 0 Å². The first-order valence-corrected chi connectivity index (χ1v) is 5.21. The summed E-state index contributed by atoms with van der Waals surface area (Å²) in [5.74, 6) is 0.198. The van der Waals surface area contributed by atoms with Gasteiger partial charge >= 0.3 is 0 Å². The quantitative estimate of drug-likeness (QED) is 0.793. The van der Waals surface area contributed by atoms with E-state index in [1.165, 1.54) is 0 Å². The summed E-state index contributed by atoms with van der Waals surface area (Å²) in [4.78, 5) is 14.8. The van der Waals surface area contributed by atoms with E-state index in [-0.39, 0.29) is 18.4 Å². The standard InChI is InChI=1S/C11H14N2O3/c12-10(14)5-8-1-2-11(13-6-8)16-9-3-4-15-7-9/h1-2,6,9H,3-5,7H2,(H2,12,14)/t9-/m0/s1. The SMILES string of the molecule is NC(=O)Cc1ccc(O[C@H]2CCOC2)nc1. The van der Waals surface area contributed by atoms with E-state index >= 15 is 0 Å². The lowest BCUT2D eigenvalue weighted by atomic mass is 10.2. The molecule has 0 saturated carbocycles. The summed E-state index contributed by atoms with van der Waals surface area (Å²) in [6, 6.07) is 3.54. The lowest BCUT2D eigenvalue weighted by Gasteiger charge is -2.10. The third-order valence-electron chi connectivity index (χ3n) is 2.35. The van der Waals surface area contributed by atoms with Crippen LogP contribution in [0.2, 0.25) is 0 Å². The number of rotatable bonds is 4. The van der Waals surface area contributed by atoms with Crippen LogP contribution in [0.5, 0.6) is 5.88 Å². The normalized spacial score (nSPS) is 19.6. The maximum atomic E-state index is 10.7. The van der Waals surface area contributed by atoms with E-state index in [2.05, 4.69) is 4.98 Å². The van der Waals surface area contributed by atoms with Crippen molar-refractivity contribution < 1.29 is 14.3 Å². The molecule has 1 aromatic rings. The fourth-order valence-electron chi connectivity index (χ4n) is 1.56. The second kappa shape index (κ2) is 4.94. The minimum atomic E-state index is -0.361. The second-order valence-electron chi connectivity index (χ2n) is 3.75. The van der Waals surface area contributed by atoms with Crippen molar-refractivity contribution in [1.82, 2.24) is 4.98 Å². The third kappa shape index (κ3) is 2.93. The van der Waals surface area contributed by atoms with Gasteiger partial charge in [-0.2, -0.15) is 0 Å². The van der Waals surface area contributed by atoms with E-state index < -0.39 is 0 Å². The van der Waals surface area contributed by atoms with Gasteiger partial charge in [-0.3, -0.25) is 4.79 Å². The first-order valence-electron chi connectivity index (χ1n) is 5.21. The Hall–Kier alpha value is -1.62. The van der Waals surface area contributed by atoms with Gasteiger partial charge in [0, 0.05) is 18.7 Å². The molecule has 0 unspecified atom stereocenters. The molecular formula is C11H14N2O3. The molecule has 2 N–H and O–H groups in total. The molecule has 1 atom stereocenters. The number of carbonyl (C=O) groups excluding carboxylic acids is 1. The molecule has 1 fully saturated rings. The van der Waals surface area contributed by atoms with Gasteiger partial charge in [-0.25, -0.2) is 4.98 Å². The highest BCUT2D eigenvalue weighted by atomic mass is 16.5. The zero-order valence-corrected chi connectivity index (χ0v) is 8.89. The fourth-order valence-corrected chi connectivity index (χ4v) is 1.56. The number of pyridine rings is 1. The molecular weight excluding hydrogens is 208 g/mol. The first kappa shape index (κ1) is 10.9. The molecule has 1 aromatic heterocycles. The number of hydrogen-bond donors (Lipinski definition) is 1. The fraction of sp³-hybridized carbons (Fsp3) is 0.455. The first-order chi connectivity index (χ1) is 7.74. The molecule has 1 aliphatic heterocycles. The Balaban J connectivity index is 1.93. The summed E-state index contributed by atoms with van der Waals surface area (Å²) in [5.41, 5.74) is 5.87. The van der Waals surface area contributed by atoms with E-state index in [0.29, 0.717) is 12.5 Å². The molecule has 86 valence electrons. The average Bonchev–Trinajstić information content (AvgIpc) is 2.73. The molecule has 0 aromatic carbocycles. The number of nitrogens with two attached hydrogens (primary N) is 1. The van der Waals surface area contributed by atoms with Crippen LogP contribution in [-0.4, -0.2) is 30.2 Å². The van der Waals surface area contributed by atoms with Crippen molar-refractivity contribution in [3.05, 3.63) is 23.9 Å². The highest BCUT2D eigenvalue weighted by Gasteiger charge is 2.17. The number of aromatic nitrogens is 1. The molecule has 0 bridgehead atoms. The Morgan fingerprint density at radius 3 is 3.06 bits per heavy atom. The maximum Gasteiger partial charge on any atom is 0.221 e. The molecule has 1 aliphatic rings. The summed E-state index contributed by atoms with van der Waals surface area (Å²) in [6.07, 6.45) is 2.80. The lowest BCUT2D eigenvalue weighted by molar-refractivity contribution is -0.117. The van der Waals surface area contributed by atoms with Crippen molar-refractivity contribution in [3.8, 4) is 5.88 Å². The van der Waals surface area contributed by atoms with Crippen molar-refractivity contribution in [2.24, 2.45) is 5.73 Å². The van der Waals surface area contributed by atoms with Crippen molar-refractivity contribution in [3.63, 3.8) is 0 Å². The summed E-state index contributed by atoms with van der Waals surface area (Å²) in [7, 11) is 0. The number of carbonyl (C=O) groups is 1. The predicted molar refractivity (Wildman–Crippen MR) is 57.0 cm³/mol. The Kier molecular flexibility index (Phi) is 3.36. The third-order valence-corrected chi connectivity index (χ3v) is 2.35. The van der Waals surface area contributed by atoms with Gasteiger partial charge in [-0.05, 0) is 5.56 Å². The van der Waals surface area contributed by atoms with Crippen LogP contribution >= 0.6 is 0 Å².